The molecule has 0 spiro atoms. The Hall–Kier alpha value is -2.47. The average Bonchev–Trinajstić information content (AvgIpc) is 3.44. The van der Waals surface area contributed by atoms with E-state index in [1.54, 1.807) is 11.3 Å². The summed E-state index contributed by atoms with van der Waals surface area (Å²) >= 11 is 1.57. The third kappa shape index (κ3) is 3.71. The van der Waals surface area contributed by atoms with E-state index in [4.69, 9.17) is 4.52 Å². The van der Waals surface area contributed by atoms with Crippen LogP contribution in [0.1, 0.15) is 56.4 Å². The molecule has 1 N–H and O–H groups in total. The third-order valence-electron chi connectivity index (χ3n) is 7.59. The molecule has 0 saturated heterocycles. The van der Waals surface area contributed by atoms with Gasteiger partial charge in [0, 0.05) is 18.5 Å². The van der Waals surface area contributed by atoms with Gasteiger partial charge in [0.1, 0.15) is 0 Å². The molecule has 4 bridgehead atoms. The second-order valence-corrected chi connectivity index (χ2v) is 10.8. The van der Waals surface area contributed by atoms with Crippen molar-refractivity contribution in [2.24, 2.45) is 17.8 Å². The van der Waals surface area contributed by atoms with Crippen LogP contribution in [0.3, 0.4) is 0 Å². The minimum absolute atomic E-state index is 0.0292. The Kier molecular flexibility index (Phi) is 4.71. The van der Waals surface area contributed by atoms with Crippen LogP contribution in [-0.4, -0.2) is 16.0 Å². The fourth-order valence-electron chi connectivity index (χ4n) is 6.68. The Bertz CT molecular complexity index is 1040. The number of aryl methyl sites for hydroxylation is 1. The molecule has 6 heteroatoms. The van der Waals surface area contributed by atoms with Gasteiger partial charge in [-0.25, -0.2) is 0 Å². The van der Waals surface area contributed by atoms with Crippen LogP contribution >= 0.6 is 11.3 Å². The van der Waals surface area contributed by atoms with Crippen molar-refractivity contribution >= 4 is 22.9 Å². The first kappa shape index (κ1) is 19.2. The topological polar surface area (TPSA) is 68.0 Å². The number of aromatic nitrogens is 2. The molecule has 1 aromatic carbocycles. The van der Waals surface area contributed by atoms with Crippen molar-refractivity contribution in [3.05, 3.63) is 53.2 Å². The number of rotatable bonds is 6. The van der Waals surface area contributed by atoms with Gasteiger partial charge in [0.2, 0.25) is 17.6 Å². The van der Waals surface area contributed by atoms with Crippen molar-refractivity contribution in [2.45, 2.75) is 56.8 Å². The van der Waals surface area contributed by atoms with E-state index in [1.807, 2.05) is 17.5 Å². The zero-order valence-electron chi connectivity index (χ0n) is 17.5. The summed E-state index contributed by atoms with van der Waals surface area (Å²) in [5.74, 6) is 3.88. The van der Waals surface area contributed by atoms with Crippen molar-refractivity contribution in [1.82, 2.24) is 10.1 Å². The molecule has 1 amide bonds. The molecule has 0 unspecified atom stereocenters. The number of amides is 1. The molecule has 2 aromatic heterocycles. The van der Waals surface area contributed by atoms with Gasteiger partial charge in [-0.2, -0.15) is 4.98 Å². The van der Waals surface area contributed by atoms with Crippen molar-refractivity contribution in [1.29, 1.82) is 0 Å². The van der Waals surface area contributed by atoms with Crippen LogP contribution in [0.4, 0.5) is 5.69 Å². The van der Waals surface area contributed by atoms with E-state index in [1.165, 1.54) is 44.1 Å². The predicted octanol–water partition coefficient (Wildman–Crippen LogP) is 5.84. The Morgan fingerprint density at radius 3 is 2.42 bits per heavy atom. The van der Waals surface area contributed by atoms with Crippen LogP contribution in [0.15, 0.2) is 46.3 Å². The summed E-state index contributed by atoms with van der Waals surface area (Å²) in [6.07, 6.45) is 9.23. The van der Waals surface area contributed by atoms with Gasteiger partial charge < -0.3 is 9.84 Å². The molecule has 3 aromatic rings. The van der Waals surface area contributed by atoms with Gasteiger partial charge in [-0.3, -0.25) is 4.79 Å². The molecule has 4 aliphatic rings. The third-order valence-corrected chi connectivity index (χ3v) is 8.46. The smallest absolute Gasteiger partial charge is 0.227 e. The fourth-order valence-corrected chi connectivity index (χ4v) is 7.33. The molecular weight excluding hydrogens is 406 g/mol. The molecular formula is C25H27N3O2S. The first-order valence-corrected chi connectivity index (χ1v) is 12.3. The summed E-state index contributed by atoms with van der Waals surface area (Å²) in [5, 5.41) is 9.00. The highest BCUT2D eigenvalue weighted by atomic mass is 32.1. The Balaban J connectivity index is 1.06. The van der Waals surface area contributed by atoms with Crippen LogP contribution in [0, 0.1) is 17.8 Å². The summed E-state index contributed by atoms with van der Waals surface area (Å²) in [5.41, 5.74) is 2.75. The van der Waals surface area contributed by atoms with Gasteiger partial charge in [0.15, 0.2) is 0 Å². The molecule has 0 aliphatic heterocycles. The Morgan fingerprint density at radius 1 is 1.06 bits per heavy atom. The first-order valence-electron chi connectivity index (χ1n) is 11.4. The normalized spacial score (nSPS) is 28.7. The average molecular weight is 434 g/mol. The number of thiophene rings is 1. The molecule has 4 fully saturated rings. The molecule has 5 nitrogen and oxygen atoms in total. The Morgan fingerprint density at radius 2 is 1.77 bits per heavy atom. The minimum Gasteiger partial charge on any atom is -0.339 e. The zero-order chi connectivity index (χ0) is 20.8. The monoisotopic (exact) mass is 433 g/mol. The largest absolute Gasteiger partial charge is 0.339 e. The lowest BCUT2D eigenvalue weighted by Gasteiger charge is -2.57. The van der Waals surface area contributed by atoms with Gasteiger partial charge in [0.05, 0.1) is 4.88 Å². The van der Waals surface area contributed by atoms with Gasteiger partial charge in [0.25, 0.3) is 0 Å². The number of benzene rings is 1. The number of hydrogen-bond acceptors (Lipinski definition) is 5. The maximum atomic E-state index is 12.4. The summed E-state index contributed by atoms with van der Waals surface area (Å²) in [6.45, 7) is 0. The van der Waals surface area contributed by atoms with Crippen molar-refractivity contribution < 1.29 is 9.32 Å². The van der Waals surface area contributed by atoms with E-state index in [-0.39, 0.29) is 5.91 Å². The standard InChI is InChI=1S/C25H27N3O2S/c29-22(7-8-23-27-24(28-30-23)21-2-1-9-31-21)26-20-5-3-19(4-6-20)25-13-16-10-17(14-25)12-18(11-16)15-25/h1-6,9,16-18H,7-8,10-15H2,(H,26,29). The predicted molar refractivity (Wildman–Crippen MR) is 121 cm³/mol. The van der Waals surface area contributed by atoms with E-state index in [0.29, 0.717) is 30.0 Å². The second kappa shape index (κ2) is 7.59. The van der Waals surface area contributed by atoms with E-state index in [9.17, 15) is 4.79 Å². The highest BCUT2D eigenvalue weighted by molar-refractivity contribution is 7.13. The molecule has 160 valence electrons. The van der Waals surface area contributed by atoms with E-state index >= 15 is 0 Å². The summed E-state index contributed by atoms with van der Waals surface area (Å²) in [7, 11) is 0. The maximum Gasteiger partial charge on any atom is 0.227 e. The lowest BCUT2D eigenvalue weighted by molar-refractivity contribution is -0.116. The van der Waals surface area contributed by atoms with Crippen molar-refractivity contribution in [2.75, 3.05) is 5.32 Å². The van der Waals surface area contributed by atoms with E-state index < -0.39 is 0 Å². The summed E-state index contributed by atoms with van der Waals surface area (Å²) in [6, 6.07) is 12.6. The SMILES string of the molecule is O=C(CCc1nc(-c2cccs2)no1)Nc1ccc(C23CC4CC(CC(C4)C2)C3)cc1. The van der Waals surface area contributed by atoms with Crippen molar-refractivity contribution in [3.63, 3.8) is 0 Å². The number of nitrogens with zero attached hydrogens (tertiary/aromatic N) is 2. The minimum atomic E-state index is -0.0292. The summed E-state index contributed by atoms with van der Waals surface area (Å²) in [4.78, 5) is 17.8. The summed E-state index contributed by atoms with van der Waals surface area (Å²) < 4.78 is 5.29. The van der Waals surface area contributed by atoms with Crippen LogP contribution in [-0.2, 0) is 16.6 Å². The second-order valence-electron chi connectivity index (χ2n) is 9.81. The molecule has 2 heterocycles. The molecule has 31 heavy (non-hydrogen) atoms. The molecule has 4 saturated carbocycles. The van der Waals surface area contributed by atoms with Crippen LogP contribution in [0.25, 0.3) is 10.7 Å². The van der Waals surface area contributed by atoms with Crippen LogP contribution in [0.2, 0.25) is 0 Å². The highest BCUT2D eigenvalue weighted by Gasteiger charge is 2.51. The van der Waals surface area contributed by atoms with Gasteiger partial charge >= 0.3 is 0 Å². The quantitative estimate of drug-likeness (QED) is 0.530. The lowest BCUT2D eigenvalue weighted by Crippen LogP contribution is -2.48. The van der Waals surface area contributed by atoms with Gasteiger partial charge in [-0.05, 0) is 90.8 Å². The van der Waals surface area contributed by atoms with Gasteiger partial charge in [-0.1, -0.05) is 23.4 Å². The van der Waals surface area contributed by atoms with Crippen LogP contribution in [0.5, 0.6) is 0 Å². The van der Waals surface area contributed by atoms with Crippen molar-refractivity contribution in [3.8, 4) is 10.7 Å². The Labute approximate surface area is 186 Å². The van der Waals surface area contributed by atoms with E-state index in [2.05, 4.69) is 39.7 Å². The first-order chi connectivity index (χ1) is 15.1. The number of carbonyl (C=O) groups excluding carboxylic acids is 1. The van der Waals surface area contributed by atoms with Crippen LogP contribution < -0.4 is 5.32 Å². The number of carbonyl (C=O) groups is 1. The zero-order valence-corrected chi connectivity index (χ0v) is 18.4. The van der Waals surface area contributed by atoms with E-state index in [0.717, 1.165) is 28.3 Å². The van der Waals surface area contributed by atoms with Gasteiger partial charge in [-0.15, -0.1) is 11.3 Å². The molecule has 7 rings (SSSR count). The fraction of sp³-hybridized carbons (Fsp3) is 0.480. The number of hydrogen-bond donors (Lipinski definition) is 1. The highest BCUT2D eigenvalue weighted by Crippen LogP contribution is 2.60. The molecule has 0 atom stereocenters. The maximum absolute atomic E-state index is 12.4. The number of nitrogens with one attached hydrogen (secondary N) is 1. The molecule has 4 aliphatic carbocycles. The lowest BCUT2D eigenvalue weighted by atomic mass is 9.48. The molecule has 0 radical (unpaired) electrons. The number of anilines is 1.